The van der Waals surface area contributed by atoms with Crippen molar-refractivity contribution in [3.8, 4) is 0 Å². The van der Waals surface area contributed by atoms with Crippen LogP contribution < -0.4 is 10.6 Å². The van der Waals surface area contributed by atoms with E-state index in [2.05, 4.69) is 20.5 Å². The minimum Gasteiger partial charge on any atom is -0.409 e. The molecule has 3 aromatic rings. The Morgan fingerprint density at radius 1 is 1.19 bits per heavy atom. The van der Waals surface area contributed by atoms with Crippen LogP contribution in [0.15, 0.2) is 53.7 Å². The fraction of sp³-hybridized carbons (Fsp3) is 0.0667. The lowest BCUT2D eigenvalue weighted by molar-refractivity contribution is 0.318. The summed E-state index contributed by atoms with van der Waals surface area (Å²) in [5, 5.41) is 13.9. The molecule has 3 N–H and O–H groups in total. The van der Waals surface area contributed by atoms with Gasteiger partial charge in [-0.05, 0) is 47.9 Å². The first-order chi connectivity index (χ1) is 10.2. The molecule has 0 saturated carbocycles. The van der Waals surface area contributed by atoms with Crippen molar-refractivity contribution in [1.82, 2.24) is 4.37 Å². The third-order valence-corrected chi connectivity index (χ3v) is 4.28. The molecule has 2 aromatic carbocycles. The van der Waals surface area contributed by atoms with Gasteiger partial charge >= 0.3 is 0 Å². The number of hydrogen-bond acceptors (Lipinski definition) is 5. The molecule has 1 aromatic heterocycles. The first-order valence-electron chi connectivity index (χ1n) is 6.37. The van der Waals surface area contributed by atoms with Crippen molar-refractivity contribution in [1.29, 1.82) is 0 Å². The molecule has 0 radical (unpaired) electrons. The van der Waals surface area contributed by atoms with E-state index in [0.717, 1.165) is 21.6 Å². The van der Waals surface area contributed by atoms with Gasteiger partial charge in [-0.3, -0.25) is 0 Å². The number of nitrogens with zero attached hydrogens (tertiary/aromatic N) is 3. The van der Waals surface area contributed by atoms with Gasteiger partial charge in [0.25, 0.3) is 0 Å². The number of hydrogen-bond donors (Lipinski definition) is 2. The predicted octanol–water partition coefficient (Wildman–Crippen LogP) is 3.16. The Kier molecular flexibility index (Phi) is 3.45. The molecule has 0 amide bonds. The molecule has 0 atom stereocenters. The van der Waals surface area contributed by atoms with E-state index < -0.39 is 0 Å². The Balaban J connectivity index is 1.96. The van der Waals surface area contributed by atoms with Gasteiger partial charge in [0.1, 0.15) is 5.00 Å². The van der Waals surface area contributed by atoms with Crippen molar-refractivity contribution < 1.29 is 5.21 Å². The Labute approximate surface area is 126 Å². The number of aromatic nitrogens is 1. The van der Waals surface area contributed by atoms with Crippen LogP contribution in [-0.4, -0.2) is 22.5 Å². The highest BCUT2D eigenvalue weighted by Crippen LogP contribution is 2.34. The standard InChI is InChI=1S/C15H14N4OS/c1-19(11-8-6-10(7-9-11)14(16)17-20)15-12-4-2-3-5-13(12)18-21-15/h2-9,20H,1H3,(H2,16,17). The van der Waals surface area contributed by atoms with Crippen molar-refractivity contribution >= 4 is 39.0 Å². The van der Waals surface area contributed by atoms with Crippen LogP contribution in [-0.2, 0) is 0 Å². The molecular formula is C15H14N4OS. The van der Waals surface area contributed by atoms with E-state index in [1.54, 1.807) is 0 Å². The number of rotatable bonds is 3. The first-order valence-corrected chi connectivity index (χ1v) is 7.14. The molecule has 0 saturated heterocycles. The Hall–Kier alpha value is -2.60. The lowest BCUT2D eigenvalue weighted by Crippen LogP contribution is -2.13. The predicted molar refractivity (Wildman–Crippen MR) is 86.6 cm³/mol. The molecule has 0 aliphatic heterocycles. The zero-order chi connectivity index (χ0) is 14.8. The van der Waals surface area contributed by atoms with Crippen molar-refractivity contribution in [3.05, 3.63) is 54.1 Å². The average Bonchev–Trinajstić information content (AvgIpc) is 2.97. The molecule has 106 valence electrons. The van der Waals surface area contributed by atoms with Gasteiger partial charge in [0.15, 0.2) is 5.84 Å². The number of oxime groups is 1. The smallest absolute Gasteiger partial charge is 0.170 e. The van der Waals surface area contributed by atoms with Crippen molar-refractivity contribution in [2.45, 2.75) is 0 Å². The molecule has 3 rings (SSSR count). The van der Waals surface area contributed by atoms with Gasteiger partial charge in [0.05, 0.1) is 5.52 Å². The van der Waals surface area contributed by atoms with Crippen LogP contribution in [0.3, 0.4) is 0 Å². The number of benzene rings is 2. The molecule has 21 heavy (non-hydrogen) atoms. The second kappa shape index (κ2) is 5.41. The maximum absolute atomic E-state index is 8.68. The van der Waals surface area contributed by atoms with Crippen molar-refractivity contribution in [3.63, 3.8) is 0 Å². The van der Waals surface area contributed by atoms with Crippen LogP contribution in [0, 0.1) is 0 Å². The minimum atomic E-state index is 0.104. The molecular weight excluding hydrogens is 284 g/mol. The monoisotopic (exact) mass is 298 g/mol. The maximum atomic E-state index is 8.68. The van der Waals surface area contributed by atoms with E-state index in [-0.39, 0.29) is 5.84 Å². The molecule has 0 spiro atoms. The molecule has 5 nitrogen and oxygen atoms in total. The Morgan fingerprint density at radius 2 is 1.90 bits per heavy atom. The molecule has 0 unspecified atom stereocenters. The highest BCUT2D eigenvalue weighted by Gasteiger charge is 2.11. The minimum absolute atomic E-state index is 0.104. The summed E-state index contributed by atoms with van der Waals surface area (Å²) in [6, 6.07) is 15.6. The number of anilines is 2. The molecule has 0 fully saturated rings. The van der Waals surface area contributed by atoms with E-state index in [1.807, 2.05) is 49.5 Å². The fourth-order valence-corrected chi connectivity index (χ4v) is 2.99. The lowest BCUT2D eigenvalue weighted by atomic mass is 10.2. The van der Waals surface area contributed by atoms with Gasteiger partial charge < -0.3 is 15.8 Å². The third-order valence-electron chi connectivity index (χ3n) is 3.33. The van der Waals surface area contributed by atoms with E-state index in [1.165, 1.54) is 11.5 Å². The highest BCUT2D eigenvalue weighted by atomic mass is 32.1. The second-order valence-corrected chi connectivity index (χ2v) is 5.35. The number of fused-ring (bicyclic) bond motifs is 1. The summed E-state index contributed by atoms with van der Waals surface area (Å²) in [7, 11) is 2.00. The topological polar surface area (TPSA) is 74.7 Å². The highest BCUT2D eigenvalue weighted by molar-refractivity contribution is 7.12. The quantitative estimate of drug-likeness (QED) is 0.337. The van der Waals surface area contributed by atoms with Crippen LogP contribution in [0.4, 0.5) is 10.7 Å². The summed E-state index contributed by atoms with van der Waals surface area (Å²) in [6.45, 7) is 0. The molecule has 0 aliphatic carbocycles. The lowest BCUT2D eigenvalue weighted by Gasteiger charge is -2.17. The summed E-state index contributed by atoms with van der Waals surface area (Å²) in [4.78, 5) is 2.08. The summed E-state index contributed by atoms with van der Waals surface area (Å²) in [5.41, 5.74) is 8.26. The van der Waals surface area contributed by atoms with Crippen LogP contribution in [0.5, 0.6) is 0 Å². The maximum Gasteiger partial charge on any atom is 0.170 e. The zero-order valence-corrected chi connectivity index (χ0v) is 12.2. The molecule has 0 bridgehead atoms. The molecule has 0 aliphatic rings. The number of nitrogens with two attached hydrogens (primary N) is 1. The summed E-state index contributed by atoms with van der Waals surface area (Å²) < 4.78 is 4.45. The molecule has 1 heterocycles. The van der Waals surface area contributed by atoms with E-state index in [9.17, 15) is 0 Å². The van der Waals surface area contributed by atoms with Crippen molar-refractivity contribution in [2.24, 2.45) is 10.9 Å². The van der Waals surface area contributed by atoms with E-state index >= 15 is 0 Å². The van der Waals surface area contributed by atoms with Crippen LogP contribution >= 0.6 is 11.5 Å². The van der Waals surface area contributed by atoms with Crippen LogP contribution in [0.1, 0.15) is 5.56 Å². The third kappa shape index (κ3) is 2.41. The van der Waals surface area contributed by atoms with Crippen LogP contribution in [0.2, 0.25) is 0 Å². The molecule has 6 heteroatoms. The van der Waals surface area contributed by atoms with Gasteiger partial charge in [0.2, 0.25) is 0 Å². The van der Waals surface area contributed by atoms with Gasteiger partial charge in [-0.2, -0.15) is 4.37 Å². The Bertz CT molecular complexity index is 795. The van der Waals surface area contributed by atoms with Gasteiger partial charge in [-0.15, -0.1) is 0 Å². The van der Waals surface area contributed by atoms with Crippen LogP contribution in [0.25, 0.3) is 10.9 Å². The fourth-order valence-electron chi connectivity index (χ4n) is 2.15. The van der Waals surface area contributed by atoms with Gasteiger partial charge in [0, 0.05) is 23.7 Å². The van der Waals surface area contributed by atoms with Gasteiger partial charge in [-0.25, -0.2) is 0 Å². The SMILES string of the molecule is CN(c1ccc(C(N)=NO)cc1)c1snc2ccccc12. The Morgan fingerprint density at radius 3 is 2.62 bits per heavy atom. The average molecular weight is 298 g/mol. The van der Waals surface area contributed by atoms with Crippen molar-refractivity contribution in [2.75, 3.05) is 11.9 Å². The number of amidine groups is 1. The summed E-state index contributed by atoms with van der Waals surface area (Å²) in [6.07, 6.45) is 0. The van der Waals surface area contributed by atoms with E-state index in [0.29, 0.717) is 5.56 Å². The summed E-state index contributed by atoms with van der Waals surface area (Å²) >= 11 is 1.47. The normalized spacial score (nSPS) is 11.8. The largest absolute Gasteiger partial charge is 0.409 e. The second-order valence-electron chi connectivity index (χ2n) is 4.60. The summed E-state index contributed by atoms with van der Waals surface area (Å²) in [5.74, 6) is 0.104. The zero-order valence-electron chi connectivity index (χ0n) is 11.4. The van der Waals surface area contributed by atoms with Gasteiger partial charge in [-0.1, -0.05) is 17.3 Å². The van der Waals surface area contributed by atoms with E-state index in [4.69, 9.17) is 10.9 Å². The first kappa shape index (κ1) is 13.4.